The Morgan fingerprint density at radius 3 is 2.26 bits per heavy atom. The summed E-state index contributed by atoms with van der Waals surface area (Å²) in [6.45, 7) is 1.69. The van der Waals surface area contributed by atoms with E-state index in [9.17, 15) is 8.42 Å². The van der Waals surface area contributed by atoms with Crippen LogP contribution in [0.25, 0.3) is 11.4 Å². The highest BCUT2D eigenvalue weighted by Crippen LogP contribution is 2.23. The molecule has 8 heteroatoms. The van der Waals surface area contributed by atoms with Gasteiger partial charge in [-0.05, 0) is 48.5 Å². The van der Waals surface area contributed by atoms with Gasteiger partial charge in [-0.25, -0.2) is 0 Å². The summed E-state index contributed by atoms with van der Waals surface area (Å²) in [5.74, 6) is 1.10. The zero-order valence-corrected chi connectivity index (χ0v) is 14.3. The van der Waals surface area contributed by atoms with Gasteiger partial charge in [0.25, 0.3) is 0 Å². The zero-order chi connectivity index (χ0) is 16.4. The van der Waals surface area contributed by atoms with Crippen molar-refractivity contribution in [2.24, 2.45) is 0 Å². The minimum absolute atomic E-state index is 0.0820. The molecule has 0 fully saturated rings. The van der Waals surface area contributed by atoms with Gasteiger partial charge in [-0.3, -0.25) is 0 Å². The van der Waals surface area contributed by atoms with Gasteiger partial charge in [0.2, 0.25) is 11.7 Å². The Kier molecular flexibility index (Phi) is 4.18. The number of benzene rings is 2. The molecule has 0 saturated heterocycles. The van der Waals surface area contributed by atoms with Gasteiger partial charge in [-0.15, -0.1) is 0 Å². The van der Waals surface area contributed by atoms with Crippen LogP contribution in [0, 0.1) is 6.92 Å². The van der Waals surface area contributed by atoms with Gasteiger partial charge >= 0.3 is 10.1 Å². The van der Waals surface area contributed by atoms with Crippen molar-refractivity contribution in [1.82, 2.24) is 10.1 Å². The monoisotopic (exact) mass is 394 g/mol. The normalized spacial score (nSPS) is 11.4. The minimum Gasteiger partial charge on any atom is -0.379 e. The SMILES string of the molecule is Cc1nc(-c2ccc(OS(=O)(=O)c3ccc(Br)cc3)cc2)no1. The fraction of sp³-hybridized carbons (Fsp3) is 0.0667. The summed E-state index contributed by atoms with van der Waals surface area (Å²) in [5.41, 5.74) is 0.704. The fourth-order valence-electron chi connectivity index (χ4n) is 1.85. The summed E-state index contributed by atoms with van der Waals surface area (Å²) in [4.78, 5) is 4.18. The molecule has 0 unspecified atom stereocenters. The van der Waals surface area contributed by atoms with E-state index in [1.807, 2.05) is 0 Å². The zero-order valence-electron chi connectivity index (χ0n) is 11.9. The molecule has 0 spiro atoms. The van der Waals surface area contributed by atoms with E-state index >= 15 is 0 Å². The summed E-state index contributed by atoms with van der Waals surface area (Å²) in [6, 6.07) is 12.6. The molecular weight excluding hydrogens is 384 g/mol. The van der Waals surface area contributed by atoms with Crippen molar-refractivity contribution in [3.8, 4) is 17.1 Å². The number of hydrogen-bond acceptors (Lipinski definition) is 6. The molecule has 0 bridgehead atoms. The Bertz CT molecular complexity index is 919. The lowest BCUT2D eigenvalue weighted by molar-refractivity contribution is 0.394. The Morgan fingerprint density at radius 1 is 1.04 bits per heavy atom. The first-order chi connectivity index (χ1) is 10.9. The predicted molar refractivity (Wildman–Crippen MR) is 86.4 cm³/mol. The highest BCUT2D eigenvalue weighted by Gasteiger charge is 2.16. The number of halogens is 1. The molecule has 0 amide bonds. The second kappa shape index (κ2) is 6.13. The average molecular weight is 395 g/mol. The molecule has 1 heterocycles. The van der Waals surface area contributed by atoms with E-state index in [4.69, 9.17) is 8.71 Å². The lowest BCUT2D eigenvalue weighted by atomic mass is 10.2. The predicted octanol–water partition coefficient (Wildman–Crippen LogP) is 3.58. The molecule has 0 saturated carbocycles. The molecule has 0 aliphatic heterocycles. The number of aryl methyl sites for hydroxylation is 1. The van der Waals surface area contributed by atoms with E-state index in [1.165, 1.54) is 24.3 Å². The minimum atomic E-state index is -3.87. The molecule has 0 N–H and O–H groups in total. The number of aromatic nitrogens is 2. The molecule has 0 aliphatic carbocycles. The average Bonchev–Trinajstić information content (AvgIpc) is 2.95. The highest BCUT2D eigenvalue weighted by molar-refractivity contribution is 9.10. The lowest BCUT2D eigenvalue weighted by Crippen LogP contribution is -2.09. The Labute approximate surface area is 141 Å². The van der Waals surface area contributed by atoms with E-state index < -0.39 is 10.1 Å². The van der Waals surface area contributed by atoms with Crippen LogP contribution in [0.1, 0.15) is 5.89 Å². The second-order valence-corrected chi connectivity index (χ2v) is 7.11. The smallest absolute Gasteiger partial charge is 0.339 e. The molecule has 1 aromatic heterocycles. The van der Waals surface area contributed by atoms with Gasteiger partial charge in [0, 0.05) is 17.0 Å². The van der Waals surface area contributed by atoms with Crippen LogP contribution in [0.15, 0.2) is 62.4 Å². The van der Waals surface area contributed by atoms with Crippen molar-refractivity contribution in [1.29, 1.82) is 0 Å². The molecule has 6 nitrogen and oxygen atoms in total. The van der Waals surface area contributed by atoms with Crippen molar-refractivity contribution in [2.45, 2.75) is 11.8 Å². The molecule has 3 aromatic rings. The molecule has 23 heavy (non-hydrogen) atoms. The maximum absolute atomic E-state index is 12.2. The van der Waals surface area contributed by atoms with Crippen LogP contribution in [-0.4, -0.2) is 18.6 Å². The quantitative estimate of drug-likeness (QED) is 0.628. The third-order valence-corrected chi connectivity index (χ3v) is 4.74. The van der Waals surface area contributed by atoms with E-state index in [0.29, 0.717) is 17.3 Å². The van der Waals surface area contributed by atoms with Gasteiger partial charge in [-0.1, -0.05) is 21.1 Å². The van der Waals surface area contributed by atoms with Gasteiger partial charge in [-0.2, -0.15) is 13.4 Å². The largest absolute Gasteiger partial charge is 0.379 e. The lowest BCUT2D eigenvalue weighted by Gasteiger charge is -2.07. The van der Waals surface area contributed by atoms with Crippen molar-refractivity contribution >= 4 is 26.0 Å². The van der Waals surface area contributed by atoms with E-state index in [2.05, 4.69) is 26.1 Å². The molecule has 118 valence electrons. The Balaban J connectivity index is 1.81. The van der Waals surface area contributed by atoms with Crippen LogP contribution >= 0.6 is 15.9 Å². The summed E-state index contributed by atoms with van der Waals surface area (Å²) in [7, 11) is -3.87. The van der Waals surface area contributed by atoms with Crippen molar-refractivity contribution in [2.75, 3.05) is 0 Å². The molecule has 3 rings (SSSR count). The second-order valence-electron chi connectivity index (χ2n) is 4.65. The van der Waals surface area contributed by atoms with Crippen LogP contribution in [0.5, 0.6) is 5.75 Å². The number of nitrogens with zero attached hydrogens (tertiary/aromatic N) is 2. The van der Waals surface area contributed by atoms with E-state index in [-0.39, 0.29) is 10.6 Å². The third kappa shape index (κ3) is 3.59. The van der Waals surface area contributed by atoms with Crippen molar-refractivity contribution < 1.29 is 17.1 Å². The Hall–Kier alpha value is -2.19. The topological polar surface area (TPSA) is 82.3 Å². The van der Waals surface area contributed by atoms with Gasteiger partial charge < -0.3 is 8.71 Å². The Morgan fingerprint density at radius 2 is 1.70 bits per heavy atom. The number of rotatable bonds is 4. The first-order valence-corrected chi connectivity index (χ1v) is 8.75. The van der Waals surface area contributed by atoms with E-state index in [0.717, 1.165) is 4.47 Å². The number of hydrogen-bond donors (Lipinski definition) is 0. The molecule has 0 aliphatic rings. The summed E-state index contributed by atoms with van der Waals surface area (Å²) in [6.07, 6.45) is 0. The summed E-state index contributed by atoms with van der Waals surface area (Å²) >= 11 is 3.26. The fourth-order valence-corrected chi connectivity index (χ4v) is 3.05. The molecular formula is C15H11BrN2O4S. The first kappa shape index (κ1) is 15.7. The van der Waals surface area contributed by atoms with Crippen LogP contribution < -0.4 is 4.18 Å². The third-order valence-electron chi connectivity index (χ3n) is 2.95. The van der Waals surface area contributed by atoms with Gasteiger partial charge in [0.15, 0.2) is 0 Å². The standard InChI is InChI=1S/C15H11BrN2O4S/c1-10-17-15(18-21-10)11-2-6-13(7-3-11)22-23(19,20)14-8-4-12(16)5-9-14/h2-9H,1H3. The summed E-state index contributed by atoms with van der Waals surface area (Å²) in [5, 5.41) is 3.80. The van der Waals surface area contributed by atoms with Crippen LogP contribution in [0.3, 0.4) is 0 Å². The van der Waals surface area contributed by atoms with Gasteiger partial charge in [0.1, 0.15) is 10.6 Å². The molecule has 0 radical (unpaired) electrons. The van der Waals surface area contributed by atoms with Gasteiger partial charge in [0.05, 0.1) is 0 Å². The molecule has 2 aromatic carbocycles. The maximum atomic E-state index is 12.2. The van der Waals surface area contributed by atoms with Crippen molar-refractivity contribution in [3.05, 3.63) is 58.9 Å². The van der Waals surface area contributed by atoms with Crippen LogP contribution in [-0.2, 0) is 10.1 Å². The molecule has 0 atom stereocenters. The van der Waals surface area contributed by atoms with Crippen LogP contribution in [0.2, 0.25) is 0 Å². The van der Waals surface area contributed by atoms with Crippen molar-refractivity contribution in [3.63, 3.8) is 0 Å². The first-order valence-electron chi connectivity index (χ1n) is 6.55. The summed E-state index contributed by atoms with van der Waals surface area (Å²) < 4.78 is 35.2. The van der Waals surface area contributed by atoms with E-state index in [1.54, 1.807) is 31.2 Å². The highest BCUT2D eigenvalue weighted by atomic mass is 79.9. The maximum Gasteiger partial charge on any atom is 0.339 e. The van der Waals surface area contributed by atoms with Crippen LogP contribution in [0.4, 0.5) is 0 Å².